The van der Waals surface area contributed by atoms with Crippen molar-refractivity contribution >= 4 is 23.8 Å². The average molecular weight is 496 g/mol. The first kappa shape index (κ1) is 30.4. The Morgan fingerprint density at radius 2 is 1.37 bits per heavy atom. The van der Waals surface area contributed by atoms with Gasteiger partial charge in [0.1, 0.15) is 0 Å². The summed E-state index contributed by atoms with van der Waals surface area (Å²) in [5, 5.41) is 24.5. The van der Waals surface area contributed by atoms with Crippen LogP contribution < -0.4 is 15.7 Å². The number of ether oxygens (including phenoxy) is 2. The van der Waals surface area contributed by atoms with E-state index >= 15 is 0 Å². The second kappa shape index (κ2) is 16.1. The highest BCUT2D eigenvalue weighted by atomic mass is 16.6. The van der Waals surface area contributed by atoms with Gasteiger partial charge in [0.2, 0.25) is 11.4 Å². The Kier molecular flexibility index (Phi) is 14.0. The van der Waals surface area contributed by atoms with Gasteiger partial charge in [-0.25, -0.2) is 9.59 Å². The number of hydrogen-bond acceptors (Lipinski definition) is 8. The number of carboxylic acid groups (broad SMARTS) is 1. The number of esters is 2. The number of carbonyl (C=O) groups is 4. The Morgan fingerprint density at radius 3 is 1.69 bits per heavy atom. The van der Waals surface area contributed by atoms with E-state index < -0.39 is 41.7 Å². The molecule has 0 aromatic carbocycles. The van der Waals surface area contributed by atoms with Crippen LogP contribution in [0, 0.1) is 17.2 Å². The quantitative estimate of drug-likeness (QED) is 0.327. The second-order valence-corrected chi connectivity index (χ2v) is 9.22. The van der Waals surface area contributed by atoms with Crippen molar-refractivity contribution in [2.45, 2.75) is 109 Å². The third kappa shape index (κ3) is 10.2. The zero-order valence-electron chi connectivity index (χ0n) is 21.3. The topological polar surface area (TPSA) is 162 Å². The van der Waals surface area contributed by atoms with Gasteiger partial charge in [-0.3, -0.25) is 4.79 Å². The van der Waals surface area contributed by atoms with E-state index in [9.17, 15) is 24.3 Å². The minimum absolute atomic E-state index is 0.123. The van der Waals surface area contributed by atoms with Gasteiger partial charge >= 0.3 is 11.9 Å². The van der Waals surface area contributed by atoms with Crippen molar-refractivity contribution in [3.05, 3.63) is 0 Å². The Labute approximate surface area is 208 Å². The summed E-state index contributed by atoms with van der Waals surface area (Å²) in [6.45, 7) is 3.70. The van der Waals surface area contributed by atoms with Gasteiger partial charge in [0, 0.05) is 13.3 Å². The number of nitrogens with zero attached hydrogens (tertiary/aromatic N) is 1. The molecule has 0 aromatic heterocycles. The highest BCUT2D eigenvalue weighted by molar-refractivity contribution is 6.08. The fraction of sp³-hybridized carbons (Fsp3) is 0.800. The number of nitriles is 1. The monoisotopic (exact) mass is 495 g/mol. The molecule has 2 rings (SSSR count). The third-order valence-corrected chi connectivity index (χ3v) is 6.43. The van der Waals surface area contributed by atoms with E-state index in [4.69, 9.17) is 14.7 Å². The molecule has 1 atom stereocenters. The zero-order chi connectivity index (χ0) is 26.3. The molecule has 2 aliphatic rings. The Balaban J connectivity index is 0.000000394. The molecule has 0 aromatic rings. The van der Waals surface area contributed by atoms with Crippen molar-refractivity contribution in [1.82, 2.24) is 5.32 Å². The van der Waals surface area contributed by atoms with Gasteiger partial charge in [0.15, 0.2) is 0 Å². The molecule has 10 nitrogen and oxygen atoms in total. The van der Waals surface area contributed by atoms with E-state index in [0.29, 0.717) is 0 Å². The number of carboxylic acids is 1. The first-order chi connectivity index (χ1) is 16.7. The molecule has 1 unspecified atom stereocenters. The number of hydrogen-bond donors (Lipinski definition) is 2. The number of nitrogens with one attached hydrogen (secondary N) is 1. The van der Waals surface area contributed by atoms with Crippen LogP contribution in [0.5, 0.6) is 0 Å². The number of amides is 1. The Bertz CT molecular complexity index is 704. The fourth-order valence-electron chi connectivity index (χ4n) is 4.74. The predicted octanol–water partition coefficient (Wildman–Crippen LogP) is 0.482. The molecule has 1 amide bonds. The van der Waals surface area contributed by atoms with Crippen LogP contribution in [0.25, 0.3) is 0 Å². The summed E-state index contributed by atoms with van der Waals surface area (Å²) in [5.41, 5.74) is -2.42. The van der Waals surface area contributed by atoms with Crippen LogP contribution in [-0.4, -0.2) is 54.7 Å². The summed E-state index contributed by atoms with van der Waals surface area (Å²) in [4.78, 5) is 46.5. The maximum Gasteiger partial charge on any atom is 0.343 e. The van der Waals surface area contributed by atoms with Crippen LogP contribution in [0.4, 0.5) is 0 Å². The maximum atomic E-state index is 12.1. The van der Waals surface area contributed by atoms with Gasteiger partial charge in [0.25, 0.3) is 0 Å². The smallest absolute Gasteiger partial charge is 0.343 e. The van der Waals surface area contributed by atoms with E-state index in [1.165, 1.54) is 84.1 Å². The summed E-state index contributed by atoms with van der Waals surface area (Å²) < 4.78 is 9.45. The molecule has 0 heterocycles. The molecule has 0 saturated heterocycles. The van der Waals surface area contributed by atoms with Crippen LogP contribution in [0.1, 0.15) is 91.4 Å². The van der Waals surface area contributed by atoms with Gasteiger partial charge in [-0.05, 0) is 65.2 Å². The molecule has 0 aliphatic heterocycles. The zero-order valence-corrected chi connectivity index (χ0v) is 21.3. The Morgan fingerprint density at radius 1 is 0.943 bits per heavy atom. The lowest BCUT2D eigenvalue weighted by Crippen LogP contribution is -2.95. The largest absolute Gasteiger partial charge is 0.549 e. The molecule has 2 aliphatic carbocycles. The summed E-state index contributed by atoms with van der Waals surface area (Å²) in [6.07, 6.45) is 14.1. The highest BCUT2D eigenvalue weighted by Crippen LogP contribution is 2.22. The molecule has 35 heavy (non-hydrogen) atoms. The molecule has 2 fully saturated rings. The number of quaternary nitrogens is 1. The lowest BCUT2D eigenvalue weighted by Gasteiger charge is -2.31. The van der Waals surface area contributed by atoms with Crippen molar-refractivity contribution < 1.29 is 39.1 Å². The first-order valence-corrected chi connectivity index (χ1v) is 12.8. The fourth-order valence-corrected chi connectivity index (χ4v) is 4.74. The molecule has 0 radical (unpaired) electrons. The average Bonchev–Trinajstić information content (AvgIpc) is 2.83. The third-order valence-electron chi connectivity index (χ3n) is 6.43. The number of rotatable bonds is 10. The number of aliphatic carboxylic acids is 1. The predicted molar refractivity (Wildman–Crippen MR) is 124 cm³/mol. The number of nitrogens with two attached hydrogens (primary N) is 1. The van der Waals surface area contributed by atoms with Crippen LogP contribution in [0.15, 0.2) is 0 Å². The van der Waals surface area contributed by atoms with Crippen molar-refractivity contribution in [2.75, 3.05) is 13.2 Å². The standard InChI is InChI=1S/C13H18N2O7.C12H23N/c1-4-21-11(19)13(15-8(3)16,12(20)22-5-2)6-9(7-14)10(17)18;1-3-7-11(8-4-1)13-12-9-5-2-6-10-12/h9H,4-6H2,1-3H3,(H,15,16)(H,17,18);11-13H,1-10H2. The van der Waals surface area contributed by atoms with Crippen LogP contribution in [-0.2, 0) is 28.7 Å². The maximum absolute atomic E-state index is 12.1. The van der Waals surface area contributed by atoms with Gasteiger partial charge in [-0.1, -0.05) is 12.8 Å². The first-order valence-electron chi connectivity index (χ1n) is 12.8. The summed E-state index contributed by atoms with van der Waals surface area (Å²) in [7, 11) is 0. The van der Waals surface area contributed by atoms with Crippen molar-refractivity contribution in [2.24, 2.45) is 5.92 Å². The van der Waals surface area contributed by atoms with E-state index in [1.54, 1.807) is 0 Å². The van der Waals surface area contributed by atoms with Crippen molar-refractivity contribution in [1.29, 1.82) is 5.26 Å². The van der Waals surface area contributed by atoms with Crippen LogP contribution in [0.2, 0.25) is 0 Å². The minimum atomic E-state index is -2.42. The molecule has 198 valence electrons. The van der Waals surface area contributed by atoms with Gasteiger partial charge in [0.05, 0.1) is 43.3 Å². The van der Waals surface area contributed by atoms with E-state index in [2.05, 4.69) is 10.6 Å². The molecule has 0 bridgehead atoms. The van der Waals surface area contributed by atoms with E-state index in [-0.39, 0.29) is 13.2 Å². The lowest BCUT2D eigenvalue weighted by molar-refractivity contribution is -0.725. The minimum Gasteiger partial charge on any atom is -0.549 e. The molecular weight excluding hydrogens is 454 g/mol. The molecule has 0 spiro atoms. The van der Waals surface area contributed by atoms with E-state index in [1.807, 2.05) is 0 Å². The van der Waals surface area contributed by atoms with Gasteiger partial charge in [-0.15, -0.1) is 0 Å². The molecule has 10 heteroatoms. The number of carbonyl (C=O) groups excluding carboxylic acids is 4. The normalized spacial score (nSPS) is 17.7. The van der Waals surface area contributed by atoms with Crippen LogP contribution >= 0.6 is 0 Å². The SMILES string of the molecule is C1CCC([NH2+]C2CCCCC2)CC1.CCOC(=O)C(CC(C#N)C(=O)[O-])(NC(C)=O)C(=O)OCC. The summed E-state index contributed by atoms with van der Waals surface area (Å²) in [6, 6.07) is 3.39. The van der Waals surface area contributed by atoms with Crippen molar-refractivity contribution in [3.63, 3.8) is 0 Å². The molecule has 2 saturated carbocycles. The Hall–Kier alpha value is -2.67. The highest BCUT2D eigenvalue weighted by Gasteiger charge is 2.51. The molecular formula is C25H41N3O7. The summed E-state index contributed by atoms with van der Waals surface area (Å²) in [5.74, 6) is -6.81. The van der Waals surface area contributed by atoms with Gasteiger partial charge in [-0.2, -0.15) is 5.26 Å². The second-order valence-electron chi connectivity index (χ2n) is 9.22. The van der Waals surface area contributed by atoms with E-state index in [0.717, 1.165) is 19.0 Å². The molecule has 3 N–H and O–H groups in total. The summed E-state index contributed by atoms with van der Waals surface area (Å²) >= 11 is 0. The van der Waals surface area contributed by atoms with Gasteiger partial charge < -0.3 is 30.0 Å². The van der Waals surface area contributed by atoms with Crippen molar-refractivity contribution in [3.8, 4) is 6.07 Å². The van der Waals surface area contributed by atoms with Crippen LogP contribution in [0.3, 0.4) is 0 Å². The lowest BCUT2D eigenvalue weighted by atomic mass is 9.87.